The summed E-state index contributed by atoms with van der Waals surface area (Å²) in [5, 5.41) is 30.3. The molecule has 0 saturated heterocycles. The fourth-order valence-electron chi connectivity index (χ4n) is 16.2. The molecule has 2 aliphatic rings. The van der Waals surface area contributed by atoms with Crippen LogP contribution in [0.25, 0.3) is 122 Å². The van der Waals surface area contributed by atoms with E-state index in [-0.39, 0.29) is 0 Å². The molecule has 18 rings (SSSR count). The van der Waals surface area contributed by atoms with Gasteiger partial charge in [-0.05, 0) is 251 Å². The summed E-state index contributed by atoms with van der Waals surface area (Å²) in [5.74, 6) is 1.14. The Labute approximate surface area is 668 Å². The number of nitrogens with zero attached hydrogens (tertiary/aromatic N) is 6. The average molecular weight is 1480 g/mol. The highest BCUT2D eigenvalue weighted by atomic mass is 16.5. The molecule has 0 aliphatic carbocycles. The predicted molar refractivity (Wildman–Crippen MR) is 476 cm³/mol. The number of hydrogen-bond acceptors (Lipinski definition) is 8. The third kappa shape index (κ3) is 13.2. The van der Waals surface area contributed by atoms with Gasteiger partial charge in [-0.2, -0.15) is 0 Å². The molecule has 0 unspecified atom stereocenters. The van der Waals surface area contributed by atoms with Crippen molar-refractivity contribution in [1.29, 1.82) is 0 Å². The number of hydrogen-bond donors (Lipinski definition) is 2. The van der Waals surface area contributed by atoms with Gasteiger partial charge in [0.25, 0.3) is 0 Å². The van der Waals surface area contributed by atoms with Crippen molar-refractivity contribution >= 4 is 67.3 Å². The van der Waals surface area contributed by atoms with E-state index in [2.05, 4.69) is 414 Å². The lowest BCUT2D eigenvalue weighted by Gasteiger charge is -2.37. The van der Waals surface area contributed by atoms with Gasteiger partial charge in [0.1, 0.15) is 0 Å². The number of anilines is 6. The number of aliphatic imine (C=N–C) groups is 2. The first-order valence-corrected chi connectivity index (χ1v) is 39.3. The van der Waals surface area contributed by atoms with Crippen molar-refractivity contribution in [2.24, 2.45) is 9.98 Å². The van der Waals surface area contributed by atoms with E-state index < -0.39 is 22.2 Å². The van der Waals surface area contributed by atoms with Gasteiger partial charge in [-0.1, -0.05) is 291 Å². The van der Waals surface area contributed by atoms with Crippen LogP contribution in [0.4, 0.5) is 34.1 Å². The molecular formula is C106H88N6O2. The Morgan fingerprint density at radius 1 is 0.211 bits per heavy atom. The summed E-state index contributed by atoms with van der Waals surface area (Å²) in [6.07, 6.45) is 0. The third-order valence-electron chi connectivity index (χ3n) is 24.3. The lowest BCUT2D eigenvalue weighted by Crippen LogP contribution is -2.51. The molecular weight excluding hydrogens is 1390 g/mol. The number of hydroxylamine groups is 4. The Morgan fingerprint density at radius 3 is 0.746 bits per heavy atom. The zero-order valence-electron chi connectivity index (χ0n) is 65.4. The molecule has 114 heavy (non-hydrogen) atoms. The fourth-order valence-corrected chi connectivity index (χ4v) is 16.2. The summed E-state index contributed by atoms with van der Waals surface area (Å²) in [6.45, 7) is 16.5. The zero-order valence-corrected chi connectivity index (χ0v) is 65.4. The van der Waals surface area contributed by atoms with Crippen LogP contribution < -0.4 is 9.80 Å². The number of fused-ring (bicyclic) bond motifs is 2. The number of benzene rings is 16. The molecule has 16 aromatic carbocycles. The van der Waals surface area contributed by atoms with Crippen LogP contribution >= 0.6 is 0 Å². The predicted octanol–water partition coefficient (Wildman–Crippen LogP) is 28.0. The minimum Gasteiger partial charge on any atom is -0.310 e. The Morgan fingerprint density at radius 2 is 0.439 bits per heavy atom. The molecule has 0 radical (unpaired) electrons. The molecule has 0 saturated carbocycles. The van der Waals surface area contributed by atoms with E-state index in [4.69, 9.17) is 9.98 Å². The van der Waals surface area contributed by atoms with E-state index in [1.54, 1.807) is 0 Å². The van der Waals surface area contributed by atoms with E-state index in [1.165, 1.54) is 32.4 Å². The monoisotopic (exact) mass is 1480 g/mol. The van der Waals surface area contributed by atoms with Crippen molar-refractivity contribution < 1.29 is 10.4 Å². The second-order valence-electron chi connectivity index (χ2n) is 32.2. The minimum atomic E-state index is -0.620. The molecule has 2 aliphatic heterocycles. The Bertz CT molecular complexity index is 6350. The molecule has 0 atom stereocenters. The lowest BCUT2D eigenvalue weighted by molar-refractivity contribution is -0.0992. The van der Waals surface area contributed by atoms with Crippen LogP contribution in [0.15, 0.2) is 386 Å². The Balaban J connectivity index is 0.601. The molecule has 0 bridgehead atoms. The summed E-state index contributed by atoms with van der Waals surface area (Å²) >= 11 is 0. The normalized spacial score (nSPS) is 14.6. The van der Waals surface area contributed by atoms with Crippen LogP contribution in [0.3, 0.4) is 0 Å². The molecule has 2 N–H and O–H groups in total. The van der Waals surface area contributed by atoms with Crippen LogP contribution in [0.5, 0.6) is 0 Å². The highest BCUT2D eigenvalue weighted by Crippen LogP contribution is 2.48. The van der Waals surface area contributed by atoms with Crippen LogP contribution in [-0.4, -0.2) is 54.4 Å². The van der Waals surface area contributed by atoms with Gasteiger partial charge in [-0.25, -0.2) is 10.1 Å². The standard InChI is InChI=1S/C106H88N6O2/c1-103(2)105(5,6)111(113)101(107-103)97-63-65-99(95-37-17-15-35-93(95)97)109(89-59-55-80(56-60-89)78-41-39-73(40-42-78)71-23-11-9-12-24-71)90-61-57-81(58-62-90)79-49-47-75(48-50-79)74-43-45-76(46-44-74)77-51-53-82(54-52-77)84-28-20-30-86(68-84)88-32-22-34-92(70-88)110(91-33-21-31-87(69-91)85-29-19-27-83(67-85)72-25-13-10-14-26-72)100-66-64-98(94-36-16-18-38-96(94)100)102-108-104(3,4)106(7,8)112(102)114/h9-70,113-114H,1-8H3. The van der Waals surface area contributed by atoms with Crippen molar-refractivity contribution in [3.05, 3.63) is 387 Å². The van der Waals surface area contributed by atoms with Gasteiger partial charge < -0.3 is 9.80 Å². The minimum absolute atomic E-state index is 0.515. The maximum absolute atomic E-state index is 11.8. The van der Waals surface area contributed by atoms with Gasteiger partial charge in [0, 0.05) is 44.6 Å². The molecule has 8 heteroatoms. The SMILES string of the molecule is CC1(C)N=C(c2ccc(N(c3ccc(-c4ccc(-c5ccccc5)cc4)cc3)c3ccc(-c4ccc(-c5ccc(-c6ccc(-c7cccc(-c8cccc(N(c9cccc(-c%10cccc(-c%11ccccc%11)c%10)c9)c9ccc(C%10=NC(C)(C)C(C)(C)N%10O)c%10ccccc9%10)c8)c7)cc6)cc5)cc4)cc3)c3ccccc23)N(O)C1(C)C. The van der Waals surface area contributed by atoms with Crippen LogP contribution in [-0.2, 0) is 0 Å². The molecule has 0 amide bonds. The summed E-state index contributed by atoms with van der Waals surface area (Å²) in [7, 11) is 0. The number of rotatable bonds is 17. The summed E-state index contributed by atoms with van der Waals surface area (Å²) < 4.78 is 0. The van der Waals surface area contributed by atoms with Gasteiger partial charge in [0.05, 0.1) is 33.5 Å². The Hall–Kier alpha value is -13.5. The average Bonchev–Trinajstić information content (AvgIpc) is 1.53. The zero-order chi connectivity index (χ0) is 78.0. The quantitative estimate of drug-likeness (QED) is 0.0946. The van der Waals surface area contributed by atoms with E-state index in [0.29, 0.717) is 11.7 Å². The fraction of sp³-hybridized carbons (Fsp3) is 0.113. The first-order chi connectivity index (χ1) is 55.3. The van der Waals surface area contributed by atoms with Crippen molar-refractivity contribution in [3.63, 3.8) is 0 Å². The molecule has 554 valence electrons. The first-order valence-electron chi connectivity index (χ1n) is 39.3. The van der Waals surface area contributed by atoms with Crippen molar-refractivity contribution in [2.45, 2.75) is 77.5 Å². The second-order valence-corrected chi connectivity index (χ2v) is 32.2. The van der Waals surface area contributed by atoms with Gasteiger partial charge in [0.2, 0.25) is 0 Å². The van der Waals surface area contributed by atoms with E-state index in [0.717, 1.165) is 145 Å². The Kier molecular flexibility index (Phi) is 18.3. The second kappa shape index (κ2) is 29.0. The van der Waals surface area contributed by atoms with E-state index in [9.17, 15) is 10.4 Å². The lowest BCUT2D eigenvalue weighted by atomic mass is 9.84. The molecule has 0 spiro atoms. The van der Waals surface area contributed by atoms with Crippen molar-refractivity contribution in [3.8, 4) is 100 Å². The van der Waals surface area contributed by atoms with Gasteiger partial charge >= 0.3 is 0 Å². The summed E-state index contributed by atoms with van der Waals surface area (Å²) in [5.41, 5.74) is 26.1. The molecule has 16 aromatic rings. The van der Waals surface area contributed by atoms with E-state index >= 15 is 0 Å². The molecule has 8 nitrogen and oxygen atoms in total. The largest absolute Gasteiger partial charge is 0.310 e. The van der Waals surface area contributed by atoms with Crippen LogP contribution in [0.1, 0.15) is 66.5 Å². The third-order valence-corrected chi connectivity index (χ3v) is 24.3. The smallest absolute Gasteiger partial charge is 0.156 e. The van der Waals surface area contributed by atoms with Gasteiger partial charge in [0.15, 0.2) is 11.7 Å². The molecule has 0 fully saturated rings. The van der Waals surface area contributed by atoms with Crippen LogP contribution in [0.2, 0.25) is 0 Å². The highest BCUT2D eigenvalue weighted by molar-refractivity contribution is 6.16. The van der Waals surface area contributed by atoms with Crippen molar-refractivity contribution in [1.82, 2.24) is 10.1 Å². The molecule has 0 aromatic heterocycles. The summed E-state index contributed by atoms with van der Waals surface area (Å²) in [6, 6.07) is 135. The maximum Gasteiger partial charge on any atom is 0.156 e. The molecule has 2 heterocycles. The number of amidine groups is 2. The first kappa shape index (κ1) is 72.1. The van der Waals surface area contributed by atoms with E-state index in [1.807, 2.05) is 27.7 Å². The van der Waals surface area contributed by atoms with Crippen LogP contribution in [0, 0.1) is 0 Å². The topological polar surface area (TPSA) is 78.1 Å². The maximum atomic E-state index is 11.8. The summed E-state index contributed by atoms with van der Waals surface area (Å²) in [4.78, 5) is 15.0. The van der Waals surface area contributed by atoms with Gasteiger partial charge in [-0.15, -0.1) is 0 Å². The van der Waals surface area contributed by atoms with Crippen molar-refractivity contribution in [2.75, 3.05) is 9.80 Å². The van der Waals surface area contributed by atoms with Gasteiger partial charge in [-0.3, -0.25) is 20.4 Å². The highest BCUT2D eigenvalue weighted by Gasteiger charge is 2.51.